The molecule has 0 radical (unpaired) electrons. The molecule has 0 aliphatic heterocycles. The lowest BCUT2D eigenvalue weighted by Gasteiger charge is -1.95. The second kappa shape index (κ2) is 14.4. The molecule has 19 heavy (non-hydrogen) atoms. The summed E-state index contributed by atoms with van der Waals surface area (Å²) in [5.41, 5.74) is 0. The lowest BCUT2D eigenvalue weighted by atomic mass is 10.1. The van der Waals surface area contributed by atoms with Crippen LogP contribution in [0.25, 0.3) is 0 Å². The SMILES string of the molecule is CCCCC=CC#CC#CCCCCCCC(=O)O. The van der Waals surface area contributed by atoms with E-state index in [1.165, 1.54) is 12.8 Å². The van der Waals surface area contributed by atoms with Gasteiger partial charge in [0.15, 0.2) is 0 Å². The average Bonchev–Trinajstić information content (AvgIpc) is 2.39. The van der Waals surface area contributed by atoms with Crippen molar-refractivity contribution in [3.05, 3.63) is 12.2 Å². The van der Waals surface area contributed by atoms with Gasteiger partial charge in [-0.05, 0) is 37.2 Å². The van der Waals surface area contributed by atoms with Gasteiger partial charge in [-0.1, -0.05) is 50.5 Å². The molecule has 1 N–H and O–H groups in total. The first-order chi connectivity index (χ1) is 9.27. The average molecular weight is 260 g/mol. The van der Waals surface area contributed by atoms with Crippen LogP contribution in [0.5, 0.6) is 0 Å². The van der Waals surface area contributed by atoms with Crippen LogP contribution in [-0.2, 0) is 4.79 Å². The molecule has 0 aliphatic carbocycles. The highest BCUT2D eigenvalue weighted by molar-refractivity contribution is 5.66. The van der Waals surface area contributed by atoms with E-state index in [-0.39, 0.29) is 6.42 Å². The first-order valence-electron chi connectivity index (χ1n) is 7.12. The molecule has 104 valence electrons. The Balaban J connectivity index is 3.42. The van der Waals surface area contributed by atoms with E-state index >= 15 is 0 Å². The molecule has 0 aliphatic rings. The van der Waals surface area contributed by atoms with E-state index in [0.717, 1.165) is 38.5 Å². The van der Waals surface area contributed by atoms with Crippen molar-refractivity contribution < 1.29 is 9.90 Å². The number of carboxylic acid groups (broad SMARTS) is 1. The van der Waals surface area contributed by atoms with Crippen LogP contribution in [0.1, 0.15) is 64.7 Å². The van der Waals surface area contributed by atoms with Crippen molar-refractivity contribution in [3.63, 3.8) is 0 Å². The second-order valence-corrected chi connectivity index (χ2v) is 4.42. The molecule has 0 unspecified atom stereocenters. The number of aliphatic carboxylic acids is 1. The minimum absolute atomic E-state index is 0.279. The highest BCUT2D eigenvalue weighted by Gasteiger charge is 1.95. The van der Waals surface area contributed by atoms with Crippen molar-refractivity contribution in [3.8, 4) is 23.7 Å². The third-order valence-corrected chi connectivity index (χ3v) is 2.59. The zero-order valence-corrected chi connectivity index (χ0v) is 11.9. The van der Waals surface area contributed by atoms with Gasteiger partial charge in [-0.25, -0.2) is 0 Å². The molecule has 0 fully saturated rings. The maximum Gasteiger partial charge on any atom is 0.303 e. The Labute approximate surface area is 117 Å². The first kappa shape index (κ1) is 17.3. The third kappa shape index (κ3) is 16.3. The maximum absolute atomic E-state index is 10.3. The molecule has 0 amide bonds. The summed E-state index contributed by atoms with van der Waals surface area (Å²) >= 11 is 0. The predicted octanol–water partition coefficient (Wildman–Crippen LogP) is 4.16. The van der Waals surface area contributed by atoms with Crippen LogP contribution >= 0.6 is 0 Å². The highest BCUT2D eigenvalue weighted by Crippen LogP contribution is 2.04. The van der Waals surface area contributed by atoms with Gasteiger partial charge in [0.2, 0.25) is 0 Å². The standard InChI is InChI=1S/C17H24O2/c1-2-3-4-5-6-7-8-9-10-11-12-13-14-15-16-17(18)19/h5-6H,2-4,11-16H2,1H3,(H,18,19). The van der Waals surface area contributed by atoms with Crippen LogP contribution in [0, 0.1) is 23.7 Å². The Hall–Kier alpha value is -1.67. The van der Waals surface area contributed by atoms with Crippen LogP contribution < -0.4 is 0 Å². The van der Waals surface area contributed by atoms with Gasteiger partial charge in [0.05, 0.1) is 0 Å². The number of hydrogen-bond donors (Lipinski definition) is 1. The number of carbonyl (C=O) groups is 1. The van der Waals surface area contributed by atoms with Crippen LogP contribution in [0.4, 0.5) is 0 Å². The lowest BCUT2D eigenvalue weighted by Crippen LogP contribution is -1.93. The minimum Gasteiger partial charge on any atom is -0.481 e. The highest BCUT2D eigenvalue weighted by atomic mass is 16.4. The lowest BCUT2D eigenvalue weighted by molar-refractivity contribution is -0.137. The molecule has 0 rings (SSSR count). The fourth-order valence-electron chi connectivity index (χ4n) is 1.49. The van der Waals surface area contributed by atoms with Crippen LogP contribution in [0.2, 0.25) is 0 Å². The summed E-state index contributed by atoms with van der Waals surface area (Å²) in [6, 6.07) is 0. The summed E-state index contributed by atoms with van der Waals surface area (Å²) in [5, 5.41) is 8.46. The predicted molar refractivity (Wildman–Crippen MR) is 79.6 cm³/mol. The normalized spacial score (nSPS) is 9.53. The van der Waals surface area contributed by atoms with E-state index in [0.29, 0.717) is 0 Å². The summed E-state index contributed by atoms with van der Waals surface area (Å²) in [5.74, 6) is 10.8. The van der Waals surface area contributed by atoms with E-state index in [2.05, 4.69) is 36.7 Å². The van der Waals surface area contributed by atoms with E-state index in [4.69, 9.17) is 5.11 Å². The molecular weight excluding hydrogens is 236 g/mol. The van der Waals surface area contributed by atoms with E-state index in [1.807, 2.05) is 6.08 Å². The van der Waals surface area contributed by atoms with Gasteiger partial charge in [0.25, 0.3) is 0 Å². The Morgan fingerprint density at radius 1 is 1.11 bits per heavy atom. The van der Waals surface area contributed by atoms with Crippen molar-refractivity contribution >= 4 is 5.97 Å². The van der Waals surface area contributed by atoms with Gasteiger partial charge >= 0.3 is 5.97 Å². The summed E-state index contributed by atoms with van der Waals surface area (Å²) in [7, 11) is 0. The zero-order chi connectivity index (χ0) is 14.2. The fraction of sp³-hybridized carbons (Fsp3) is 0.588. The summed E-state index contributed by atoms with van der Waals surface area (Å²) in [6.07, 6.45) is 12.4. The van der Waals surface area contributed by atoms with Gasteiger partial charge in [-0.15, -0.1) is 0 Å². The third-order valence-electron chi connectivity index (χ3n) is 2.59. The zero-order valence-electron chi connectivity index (χ0n) is 11.9. The van der Waals surface area contributed by atoms with Gasteiger partial charge in [-0.3, -0.25) is 4.79 Å². The van der Waals surface area contributed by atoms with Gasteiger partial charge in [0.1, 0.15) is 0 Å². The molecular formula is C17H24O2. The molecule has 0 spiro atoms. The molecule has 0 saturated carbocycles. The van der Waals surface area contributed by atoms with Gasteiger partial charge in [-0.2, -0.15) is 0 Å². The molecule has 0 bridgehead atoms. The Bertz CT molecular complexity index is 372. The molecule has 2 nitrogen and oxygen atoms in total. The number of allylic oxidation sites excluding steroid dienone is 2. The van der Waals surface area contributed by atoms with Crippen LogP contribution in [0.15, 0.2) is 12.2 Å². The molecule has 0 heterocycles. The second-order valence-electron chi connectivity index (χ2n) is 4.42. The topological polar surface area (TPSA) is 37.3 Å². The molecule has 0 saturated heterocycles. The number of hydrogen-bond acceptors (Lipinski definition) is 1. The summed E-state index contributed by atoms with van der Waals surface area (Å²) in [4.78, 5) is 10.3. The summed E-state index contributed by atoms with van der Waals surface area (Å²) in [6.45, 7) is 2.17. The Kier molecular flexibility index (Phi) is 13.1. The maximum atomic E-state index is 10.3. The minimum atomic E-state index is -0.706. The molecule has 2 heteroatoms. The molecule has 0 atom stereocenters. The van der Waals surface area contributed by atoms with Crippen molar-refractivity contribution in [2.45, 2.75) is 64.7 Å². The van der Waals surface area contributed by atoms with Crippen molar-refractivity contribution in [1.82, 2.24) is 0 Å². The Morgan fingerprint density at radius 2 is 1.89 bits per heavy atom. The summed E-state index contributed by atoms with van der Waals surface area (Å²) < 4.78 is 0. The number of rotatable bonds is 9. The van der Waals surface area contributed by atoms with Gasteiger partial charge in [0, 0.05) is 12.8 Å². The van der Waals surface area contributed by atoms with Crippen molar-refractivity contribution in [1.29, 1.82) is 0 Å². The largest absolute Gasteiger partial charge is 0.481 e. The van der Waals surface area contributed by atoms with Gasteiger partial charge < -0.3 is 5.11 Å². The van der Waals surface area contributed by atoms with Crippen molar-refractivity contribution in [2.75, 3.05) is 0 Å². The van der Waals surface area contributed by atoms with Crippen LogP contribution in [-0.4, -0.2) is 11.1 Å². The fourth-order valence-corrected chi connectivity index (χ4v) is 1.49. The first-order valence-corrected chi connectivity index (χ1v) is 7.12. The Morgan fingerprint density at radius 3 is 2.63 bits per heavy atom. The quantitative estimate of drug-likeness (QED) is 0.499. The smallest absolute Gasteiger partial charge is 0.303 e. The molecule has 0 aromatic rings. The molecule has 0 aromatic heterocycles. The molecule has 0 aromatic carbocycles. The number of carboxylic acids is 1. The number of unbranched alkanes of at least 4 members (excludes halogenated alkanes) is 6. The van der Waals surface area contributed by atoms with E-state index in [9.17, 15) is 4.79 Å². The van der Waals surface area contributed by atoms with E-state index < -0.39 is 5.97 Å². The van der Waals surface area contributed by atoms with Crippen LogP contribution in [0.3, 0.4) is 0 Å². The van der Waals surface area contributed by atoms with E-state index in [1.54, 1.807) is 0 Å². The van der Waals surface area contributed by atoms with Crippen molar-refractivity contribution in [2.24, 2.45) is 0 Å². The monoisotopic (exact) mass is 260 g/mol.